The van der Waals surface area contributed by atoms with Crippen LogP contribution in [0.25, 0.3) is 0 Å². The van der Waals surface area contributed by atoms with E-state index in [1.165, 1.54) is 159 Å². The summed E-state index contributed by atoms with van der Waals surface area (Å²) < 4.78 is 0. The molecule has 0 aliphatic heterocycles. The van der Waals surface area contributed by atoms with Crippen LogP contribution >= 0.6 is 0 Å². The number of aryl methyl sites for hydroxylation is 2. The lowest BCUT2D eigenvalue weighted by molar-refractivity contribution is 0.283. The van der Waals surface area contributed by atoms with Crippen molar-refractivity contribution in [3.63, 3.8) is 0 Å². The fourth-order valence-corrected chi connectivity index (χ4v) is 7.09. The molecule has 1 aromatic heterocycles. The van der Waals surface area contributed by atoms with Gasteiger partial charge in [-0.2, -0.15) is 0 Å². The maximum Gasteiger partial charge on any atom is 0.124 e. The van der Waals surface area contributed by atoms with Gasteiger partial charge in [0.15, 0.2) is 0 Å². The average molecular weight is 498 g/mol. The predicted octanol–water partition coefficient (Wildman–Crippen LogP) is 10.3. The van der Waals surface area contributed by atoms with Gasteiger partial charge >= 0.3 is 0 Å². The lowest BCUT2D eigenvalue weighted by Gasteiger charge is -2.25. The fraction of sp³-hybridized carbons (Fsp3) is 0.848. The van der Waals surface area contributed by atoms with Gasteiger partial charge in [0, 0.05) is 6.04 Å². The van der Waals surface area contributed by atoms with Crippen molar-refractivity contribution in [1.29, 1.82) is 0 Å². The highest BCUT2D eigenvalue weighted by Crippen LogP contribution is 2.32. The molecule has 0 radical (unpaired) electrons. The molecule has 36 heavy (non-hydrogen) atoms. The Balaban J connectivity index is 1.50. The number of nitrogens with zero attached hydrogens (tertiary/aromatic N) is 1. The zero-order chi connectivity index (χ0) is 25.4. The summed E-state index contributed by atoms with van der Waals surface area (Å²) >= 11 is 0. The minimum absolute atomic E-state index is 0.568. The Kier molecular flexibility index (Phi) is 14.1. The van der Waals surface area contributed by atoms with Gasteiger partial charge in [-0.25, -0.2) is 4.98 Å². The molecule has 3 rings (SSSR count). The summed E-state index contributed by atoms with van der Waals surface area (Å²) in [5.74, 6) is 2.64. The van der Waals surface area contributed by atoms with Crippen LogP contribution in [-0.2, 0) is 0 Å². The van der Waals surface area contributed by atoms with Crippen LogP contribution in [0.5, 0.6) is 0 Å². The van der Waals surface area contributed by atoms with Crippen LogP contribution in [-0.4, -0.2) is 11.0 Å². The highest BCUT2D eigenvalue weighted by Gasteiger charge is 2.18. The monoisotopic (exact) mass is 497 g/mol. The summed E-state index contributed by atoms with van der Waals surface area (Å²) in [6.07, 6.45) is 33.3. The fourth-order valence-electron chi connectivity index (χ4n) is 7.09. The Labute approximate surface area is 224 Å². The van der Waals surface area contributed by atoms with E-state index >= 15 is 0 Å². The number of aromatic nitrogens is 1. The van der Waals surface area contributed by atoms with Crippen LogP contribution < -0.4 is 11.1 Å². The number of anilines is 2. The van der Waals surface area contributed by atoms with Crippen molar-refractivity contribution in [3.05, 3.63) is 17.3 Å². The predicted molar refractivity (Wildman–Crippen MR) is 159 cm³/mol. The van der Waals surface area contributed by atoms with Gasteiger partial charge < -0.3 is 11.1 Å². The Hall–Kier alpha value is -1.25. The van der Waals surface area contributed by atoms with Gasteiger partial charge in [0.05, 0.1) is 11.4 Å². The molecule has 0 bridgehead atoms. The molecule has 2 unspecified atom stereocenters. The van der Waals surface area contributed by atoms with Crippen molar-refractivity contribution in [2.45, 2.75) is 168 Å². The van der Waals surface area contributed by atoms with Gasteiger partial charge in [0.25, 0.3) is 0 Å². The third-order valence-corrected chi connectivity index (χ3v) is 9.24. The van der Waals surface area contributed by atoms with Gasteiger partial charge in [-0.1, -0.05) is 128 Å². The number of nitrogens with two attached hydrogens (primary N) is 1. The molecule has 206 valence electrons. The van der Waals surface area contributed by atoms with E-state index in [0.717, 1.165) is 17.5 Å². The van der Waals surface area contributed by atoms with E-state index in [4.69, 9.17) is 5.73 Å². The zero-order valence-corrected chi connectivity index (χ0v) is 24.1. The molecule has 2 aliphatic carbocycles. The maximum absolute atomic E-state index is 5.97. The largest absolute Gasteiger partial charge is 0.384 e. The second-order valence-corrected chi connectivity index (χ2v) is 12.5. The van der Waals surface area contributed by atoms with Gasteiger partial charge in [-0.3, -0.25) is 0 Å². The lowest BCUT2D eigenvalue weighted by atomic mass is 9.82. The molecule has 2 aliphatic rings. The first kappa shape index (κ1) is 29.3. The van der Waals surface area contributed by atoms with Gasteiger partial charge in [-0.15, -0.1) is 0 Å². The molecule has 3 heteroatoms. The maximum atomic E-state index is 5.97. The topological polar surface area (TPSA) is 50.9 Å². The molecule has 2 saturated carbocycles. The van der Waals surface area contributed by atoms with Crippen molar-refractivity contribution < 1.29 is 0 Å². The number of hydrogen-bond acceptors (Lipinski definition) is 3. The smallest absolute Gasteiger partial charge is 0.124 e. The zero-order valence-electron chi connectivity index (χ0n) is 24.1. The molecule has 2 fully saturated rings. The first-order chi connectivity index (χ1) is 17.6. The molecule has 3 nitrogen and oxygen atoms in total. The summed E-state index contributed by atoms with van der Waals surface area (Å²) in [5, 5.41) is 3.89. The molecule has 0 amide bonds. The molecule has 2 atom stereocenters. The van der Waals surface area contributed by atoms with Crippen molar-refractivity contribution in [2.75, 3.05) is 11.1 Å². The highest BCUT2D eigenvalue weighted by molar-refractivity contribution is 5.58. The third-order valence-electron chi connectivity index (χ3n) is 9.24. The Bertz CT molecular complexity index is 680. The Morgan fingerprint density at radius 1 is 0.639 bits per heavy atom. The van der Waals surface area contributed by atoms with E-state index in [-0.39, 0.29) is 0 Å². The van der Waals surface area contributed by atoms with Crippen LogP contribution in [0.2, 0.25) is 0 Å². The molecule has 3 N–H and O–H groups in total. The lowest BCUT2D eigenvalue weighted by Crippen LogP contribution is -2.21. The summed E-state index contributed by atoms with van der Waals surface area (Å²) in [6, 6.07) is 2.58. The quantitative estimate of drug-likeness (QED) is 0.435. The molecular weight excluding hydrogens is 438 g/mol. The average Bonchev–Trinajstić information content (AvgIpc) is 2.90. The van der Waals surface area contributed by atoms with E-state index in [1.54, 1.807) is 0 Å². The summed E-state index contributed by atoms with van der Waals surface area (Å²) in [4.78, 5) is 4.52. The third kappa shape index (κ3) is 11.4. The van der Waals surface area contributed by atoms with Crippen LogP contribution in [0.15, 0.2) is 6.07 Å². The first-order valence-electron chi connectivity index (χ1n) is 16.1. The SMILES string of the molecule is Cc1cc(N)nc(C)c1NC1CCCCCCCC(CC2CCCCCCCCCC2)CCCCC1. The van der Waals surface area contributed by atoms with E-state index in [9.17, 15) is 0 Å². The molecular formula is C33H59N3. The van der Waals surface area contributed by atoms with Crippen LogP contribution in [0.1, 0.15) is 159 Å². The summed E-state index contributed by atoms with van der Waals surface area (Å²) in [6.45, 7) is 4.26. The number of nitrogens with one attached hydrogen (secondary N) is 1. The Morgan fingerprint density at radius 3 is 1.47 bits per heavy atom. The van der Waals surface area contributed by atoms with E-state index < -0.39 is 0 Å². The van der Waals surface area contributed by atoms with Gasteiger partial charge in [-0.05, 0) is 56.6 Å². The number of pyridine rings is 1. The van der Waals surface area contributed by atoms with Gasteiger partial charge in [0.1, 0.15) is 5.82 Å². The van der Waals surface area contributed by atoms with Crippen molar-refractivity contribution in [3.8, 4) is 0 Å². The second kappa shape index (κ2) is 17.3. The van der Waals surface area contributed by atoms with Crippen molar-refractivity contribution in [2.24, 2.45) is 11.8 Å². The van der Waals surface area contributed by atoms with E-state index in [0.29, 0.717) is 11.9 Å². The van der Waals surface area contributed by atoms with Crippen LogP contribution in [0.4, 0.5) is 11.5 Å². The van der Waals surface area contributed by atoms with E-state index in [2.05, 4.69) is 24.1 Å². The number of rotatable bonds is 4. The minimum Gasteiger partial charge on any atom is -0.384 e. The minimum atomic E-state index is 0.568. The normalized spacial score (nSPS) is 25.4. The summed E-state index contributed by atoms with van der Waals surface area (Å²) in [7, 11) is 0. The van der Waals surface area contributed by atoms with Crippen molar-refractivity contribution in [1.82, 2.24) is 4.98 Å². The standard InChI is InChI=1S/C33H59N3/c1-27-25-32(34)35-28(2)33(27)36-31-23-17-11-7-10-15-21-30(22-16-12-18-24-31)26-29-19-13-8-5-3-4-6-9-14-20-29/h25,29-31,36H,3-24,26H2,1-2H3,(H2,34,35). The Morgan fingerprint density at radius 2 is 1.03 bits per heavy atom. The molecule has 1 heterocycles. The highest BCUT2D eigenvalue weighted by atomic mass is 15.0. The van der Waals surface area contributed by atoms with E-state index in [1.807, 2.05) is 6.07 Å². The summed E-state index contributed by atoms with van der Waals surface area (Å²) in [5.41, 5.74) is 9.47. The number of hydrogen-bond donors (Lipinski definition) is 2. The van der Waals surface area contributed by atoms with Crippen LogP contribution in [0, 0.1) is 25.7 Å². The molecule has 0 spiro atoms. The first-order valence-corrected chi connectivity index (χ1v) is 16.1. The number of nitrogen functional groups attached to an aromatic ring is 1. The van der Waals surface area contributed by atoms with Crippen LogP contribution in [0.3, 0.4) is 0 Å². The second-order valence-electron chi connectivity index (χ2n) is 12.5. The molecule has 0 aromatic carbocycles. The molecule has 1 aromatic rings. The molecule has 0 saturated heterocycles. The van der Waals surface area contributed by atoms with Gasteiger partial charge in [0.2, 0.25) is 0 Å². The van der Waals surface area contributed by atoms with Crippen molar-refractivity contribution >= 4 is 11.5 Å².